The van der Waals surface area contributed by atoms with Gasteiger partial charge in [-0.2, -0.15) is 0 Å². The quantitative estimate of drug-likeness (QED) is 0.650. The molecule has 0 amide bonds. The normalized spacial score (nSPS) is 13.7. The SMILES string of the molecule is Cc1c(OCc2ccccc2F)ccc2c3c(c(=O)oc12)CCCC3. The highest BCUT2D eigenvalue weighted by Crippen LogP contribution is 2.32. The van der Waals surface area contributed by atoms with Crippen molar-refractivity contribution in [3.05, 3.63) is 74.9 Å². The van der Waals surface area contributed by atoms with E-state index in [-0.39, 0.29) is 18.0 Å². The molecule has 0 atom stereocenters. The van der Waals surface area contributed by atoms with Crippen LogP contribution in [-0.2, 0) is 19.4 Å². The Hall–Kier alpha value is -2.62. The number of benzene rings is 2. The first-order valence-electron chi connectivity index (χ1n) is 8.59. The maximum atomic E-state index is 13.7. The third kappa shape index (κ3) is 2.82. The first-order valence-corrected chi connectivity index (χ1v) is 8.59. The minimum absolute atomic E-state index is 0.133. The monoisotopic (exact) mass is 338 g/mol. The summed E-state index contributed by atoms with van der Waals surface area (Å²) in [7, 11) is 0. The Labute approximate surface area is 145 Å². The molecule has 0 bridgehead atoms. The lowest BCUT2D eigenvalue weighted by Gasteiger charge is -2.18. The summed E-state index contributed by atoms with van der Waals surface area (Å²) in [4.78, 5) is 12.3. The predicted octanol–water partition coefficient (Wildman–Crippen LogP) is 4.70. The molecule has 1 aliphatic carbocycles. The molecule has 0 unspecified atom stereocenters. The molecule has 4 heteroatoms. The molecule has 3 nitrogen and oxygen atoms in total. The minimum atomic E-state index is -0.290. The zero-order valence-electron chi connectivity index (χ0n) is 14.1. The van der Waals surface area contributed by atoms with Crippen molar-refractivity contribution in [1.29, 1.82) is 0 Å². The second kappa shape index (κ2) is 6.36. The minimum Gasteiger partial charge on any atom is -0.488 e. The molecule has 0 saturated carbocycles. The number of ether oxygens (including phenoxy) is 1. The van der Waals surface area contributed by atoms with Gasteiger partial charge >= 0.3 is 5.63 Å². The third-order valence-corrected chi connectivity index (χ3v) is 4.93. The number of hydrogen-bond acceptors (Lipinski definition) is 3. The van der Waals surface area contributed by atoms with E-state index in [1.165, 1.54) is 6.07 Å². The van der Waals surface area contributed by atoms with Gasteiger partial charge in [-0.1, -0.05) is 18.2 Å². The lowest BCUT2D eigenvalue weighted by atomic mass is 9.90. The Morgan fingerprint density at radius 1 is 1.08 bits per heavy atom. The van der Waals surface area contributed by atoms with E-state index in [2.05, 4.69) is 0 Å². The molecule has 4 rings (SSSR count). The van der Waals surface area contributed by atoms with Crippen LogP contribution in [0.4, 0.5) is 4.39 Å². The van der Waals surface area contributed by atoms with Crippen molar-refractivity contribution in [3.8, 4) is 5.75 Å². The molecular weight excluding hydrogens is 319 g/mol. The van der Waals surface area contributed by atoms with E-state index >= 15 is 0 Å². The van der Waals surface area contributed by atoms with Gasteiger partial charge in [0.1, 0.15) is 23.8 Å². The smallest absolute Gasteiger partial charge is 0.339 e. The van der Waals surface area contributed by atoms with Crippen LogP contribution >= 0.6 is 0 Å². The van der Waals surface area contributed by atoms with E-state index in [0.29, 0.717) is 16.9 Å². The van der Waals surface area contributed by atoms with Crippen LogP contribution in [0.15, 0.2) is 45.6 Å². The average Bonchev–Trinajstić information content (AvgIpc) is 2.63. The standard InChI is InChI=1S/C21H19FO3/c1-13-19(24-12-14-6-2-5-9-18(14)22)11-10-16-15-7-3-4-8-17(15)21(23)25-20(13)16/h2,5-6,9-11H,3-4,7-8,12H2,1H3. The van der Waals surface area contributed by atoms with Crippen LogP contribution in [0, 0.1) is 12.7 Å². The Balaban J connectivity index is 1.73. The molecule has 0 radical (unpaired) electrons. The molecular formula is C21H19FO3. The van der Waals surface area contributed by atoms with Crippen LogP contribution in [0.5, 0.6) is 5.75 Å². The molecule has 0 saturated heterocycles. The van der Waals surface area contributed by atoms with Gasteiger partial charge < -0.3 is 9.15 Å². The van der Waals surface area contributed by atoms with Gasteiger partial charge in [-0.15, -0.1) is 0 Å². The van der Waals surface area contributed by atoms with Crippen LogP contribution in [0.25, 0.3) is 11.0 Å². The summed E-state index contributed by atoms with van der Waals surface area (Å²) in [5.74, 6) is 0.316. The molecule has 1 heterocycles. The molecule has 3 aromatic rings. The number of fused-ring (bicyclic) bond motifs is 3. The highest BCUT2D eigenvalue weighted by Gasteiger charge is 2.20. The first-order chi connectivity index (χ1) is 12.1. The molecule has 0 spiro atoms. The lowest BCUT2D eigenvalue weighted by molar-refractivity contribution is 0.297. The average molecular weight is 338 g/mol. The first kappa shape index (κ1) is 15.9. The van der Waals surface area contributed by atoms with E-state index in [0.717, 1.165) is 47.8 Å². The maximum Gasteiger partial charge on any atom is 0.339 e. The fraction of sp³-hybridized carbons (Fsp3) is 0.286. The van der Waals surface area contributed by atoms with E-state index in [9.17, 15) is 9.18 Å². The largest absolute Gasteiger partial charge is 0.488 e. The van der Waals surface area contributed by atoms with Crippen LogP contribution < -0.4 is 10.4 Å². The highest BCUT2D eigenvalue weighted by atomic mass is 19.1. The summed E-state index contributed by atoms with van der Waals surface area (Å²) in [6.45, 7) is 2.01. The van der Waals surface area contributed by atoms with Crippen molar-refractivity contribution in [1.82, 2.24) is 0 Å². The third-order valence-electron chi connectivity index (χ3n) is 4.93. The zero-order valence-corrected chi connectivity index (χ0v) is 14.1. The second-order valence-electron chi connectivity index (χ2n) is 6.50. The summed E-state index contributed by atoms with van der Waals surface area (Å²) in [6, 6.07) is 10.4. The fourth-order valence-corrected chi connectivity index (χ4v) is 3.55. The summed E-state index contributed by atoms with van der Waals surface area (Å²) in [5, 5.41) is 0.991. The molecule has 1 aliphatic rings. The summed E-state index contributed by atoms with van der Waals surface area (Å²) < 4.78 is 25.1. The van der Waals surface area contributed by atoms with Gasteiger partial charge in [-0.05, 0) is 56.4 Å². The van der Waals surface area contributed by atoms with Crippen LogP contribution in [0.2, 0.25) is 0 Å². The van der Waals surface area contributed by atoms with Crippen molar-refractivity contribution >= 4 is 11.0 Å². The molecule has 25 heavy (non-hydrogen) atoms. The van der Waals surface area contributed by atoms with E-state index in [1.807, 2.05) is 19.1 Å². The van der Waals surface area contributed by atoms with Crippen LogP contribution in [0.3, 0.4) is 0 Å². The van der Waals surface area contributed by atoms with Crippen molar-refractivity contribution in [2.24, 2.45) is 0 Å². The Bertz CT molecular complexity index is 1000. The molecule has 0 N–H and O–H groups in total. The van der Waals surface area contributed by atoms with Gasteiger partial charge in [-0.25, -0.2) is 9.18 Å². The summed E-state index contributed by atoms with van der Waals surface area (Å²) in [5.41, 5.74) is 3.54. The number of halogens is 1. The molecule has 1 aromatic heterocycles. The lowest BCUT2D eigenvalue weighted by Crippen LogP contribution is -2.16. The molecule has 0 aliphatic heterocycles. The number of aryl methyl sites for hydroxylation is 2. The highest BCUT2D eigenvalue weighted by molar-refractivity contribution is 5.86. The number of hydrogen-bond donors (Lipinski definition) is 0. The van der Waals surface area contributed by atoms with Gasteiger partial charge in [0.15, 0.2) is 0 Å². The Kier molecular flexibility index (Phi) is 4.04. The van der Waals surface area contributed by atoms with Crippen molar-refractivity contribution in [3.63, 3.8) is 0 Å². The van der Waals surface area contributed by atoms with Crippen molar-refractivity contribution in [2.45, 2.75) is 39.2 Å². The van der Waals surface area contributed by atoms with Gasteiger partial charge in [0, 0.05) is 22.1 Å². The van der Waals surface area contributed by atoms with Gasteiger partial charge in [0.05, 0.1) is 0 Å². The number of rotatable bonds is 3. The maximum absolute atomic E-state index is 13.7. The molecule has 2 aromatic carbocycles. The van der Waals surface area contributed by atoms with Gasteiger partial charge in [-0.3, -0.25) is 0 Å². The van der Waals surface area contributed by atoms with E-state index < -0.39 is 0 Å². The van der Waals surface area contributed by atoms with Gasteiger partial charge in [0.2, 0.25) is 0 Å². The summed E-state index contributed by atoms with van der Waals surface area (Å²) >= 11 is 0. The Morgan fingerprint density at radius 2 is 1.84 bits per heavy atom. The van der Waals surface area contributed by atoms with Crippen molar-refractivity contribution < 1.29 is 13.5 Å². The molecule has 0 fully saturated rings. The van der Waals surface area contributed by atoms with E-state index in [1.54, 1.807) is 18.2 Å². The summed E-state index contributed by atoms with van der Waals surface area (Å²) in [6.07, 6.45) is 3.83. The molecule has 128 valence electrons. The van der Waals surface area contributed by atoms with Gasteiger partial charge in [0.25, 0.3) is 0 Å². The zero-order chi connectivity index (χ0) is 17.4. The van der Waals surface area contributed by atoms with Crippen LogP contribution in [-0.4, -0.2) is 0 Å². The Morgan fingerprint density at radius 3 is 2.64 bits per heavy atom. The predicted molar refractivity (Wildman–Crippen MR) is 94.6 cm³/mol. The topological polar surface area (TPSA) is 39.4 Å². The van der Waals surface area contributed by atoms with Crippen LogP contribution in [0.1, 0.15) is 35.1 Å². The second-order valence-corrected chi connectivity index (χ2v) is 6.50. The van der Waals surface area contributed by atoms with E-state index in [4.69, 9.17) is 9.15 Å². The van der Waals surface area contributed by atoms with Crippen molar-refractivity contribution in [2.75, 3.05) is 0 Å². The fourth-order valence-electron chi connectivity index (χ4n) is 3.55.